The Hall–Kier alpha value is -4.11. The van der Waals surface area contributed by atoms with Crippen molar-refractivity contribution in [2.24, 2.45) is 0 Å². The van der Waals surface area contributed by atoms with Crippen LogP contribution >= 0.6 is 11.6 Å². The van der Waals surface area contributed by atoms with Crippen molar-refractivity contribution in [1.29, 1.82) is 0 Å². The number of carbonyl (C=O) groups excluding carboxylic acids is 2. The lowest BCUT2D eigenvalue weighted by Gasteiger charge is -2.18. The highest BCUT2D eigenvalue weighted by Gasteiger charge is 2.27. The molecular formula is C22H15ClN2O7. The maximum atomic E-state index is 13.0. The normalized spacial score (nSPS) is 12.7. The molecule has 0 spiro atoms. The molecule has 0 saturated heterocycles. The van der Waals surface area contributed by atoms with E-state index in [1.807, 2.05) is 0 Å². The number of esters is 1. The fourth-order valence-corrected chi connectivity index (χ4v) is 3.22. The average molecular weight is 455 g/mol. The molecule has 0 aromatic heterocycles. The van der Waals surface area contributed by atoms with Crippen molar-refractivity contribution in [3.05, 3.63) is 93.0 Å². The van der Waals surface area contributed by atoms with E-state index in [1.54, 1.807) is 36.4 Å². The number of nitro groups is 1. The van der Waals surface area contributed by atoms with E-state index < -0.39 is 22.9 Å². The lowest BCUT2D eigenvalue weighted by Crippen LogP contribution is -2.26. The van der Waals surface area contributed by atoms with Gasteiger partial charge in [-0.15, -0.1) is 0 Å². The second-order valence-corrected chi connectivity index (χ2v) is 7.08. The largest absolute Gasteiger partial charge is 0.454 e. The van der Waals surface area contributed by atoms with Crippen LogP contribution in [0.25, 0.3) is 0 Å². The molecule has 0 unspecified atom stereocenters. The third kappa shape index (κ3) is 4.47. The van der Waals surface area contributed by atoms with E-state index in [9.17, 15) is 19.7 Å². The SMILES string of the molecule is O=C(O[C@@H](C(=O)Nc1ccc(Cl)c([N+](=O)[O-])c1)c1ccccc1)c1ccc2c(c1)OCO2. The number of amides is 1. The zero-order valence-corrected chi connectivity index (χ0v) is 17.1. The van der Waals surface area contributed by atoms with Gasteiger partial charge in [-0.05, 0) is 30.3 Å². The fourth-order valence-electron chi connectivity index (χ4n) is 3.04. The molecular weight excluding hydrogens is 440 g/mol. The minimum absolute atomic E-state index is 0.0517. The molecule has 3 aromatic carbocycles. The van der Waals surface area contributed by atoms with E-state index in [1.165, 1.54) is 24.3 Å². The number of rotatable bonds is 6. The predicted molar refractivity (Wildman–Crippen MR) is 114 cm³/mol. The highest BCUT2D eigenvalue weighted by Crippen LogP contribution is 2.33. The van der Waals surface area contributed by atoms with Crippen molar-refractivity contribution in [2.75, 3.05) is 12.1 Å². The molecule has 0 bridgehead atoms. The van der Waals surface area contributed by atoms with Gasteiger partial charge >= 0.3 is 5.97 Å². The van der Waals surface area contributed by atoms with Gasteiger partial charge in [-0.2, -0.15) is 0 Å². The zero-order chi connectivity index (χ0) is 22.7. The molecule has 162 valence electrons. The summed E-state index contributed by atoms with van der Waals surface area (Å²) in [4.78, 5) is 36.2. The van der Waals surface area contributed by atoms with Gasteiger partial charge in [0.05, 0.1) is 10.5 Å². The Kier molecular flexibility index (Phi) is 5.91. The van der Waals surface area contributed by atoms with E-state index in [2.05, 4.69) is 5.32 Å². The maximum Gasteiger partial charge on any atom is 0.339 e. The van der Waals surface area contributed by atoms with E-state index in [0.717, 1.165) is 6.07 Å². The molecule has 32 heavy (non-hydrogen) atoms. The van der Waals surface area contributed by atoms with Crippen LogP contribution in [0.1, 0.15) is 22.0 Å². The van der Waals surface area contributed by atoms with Crippen LogP contribution in [0, 0.1) is 10.1 Å². The molecule has 1 heterocycles. The summed E-state index contributed by atoms with van der Waals surface area (Å²) in [6.07, 6.45) is -1.32. The van der Waals surface area contributed by atoms with E-state index >= 15 is 0 Å². The van der Waals surface area contributed by atoms with Gasteiger partial charge in [0.25, 0.3) is 11.6 Å². The number of ether oxygens (including phenoxy) is 3. The standard InChI is InChI=1S/C22H15ClN2O7/c23-16-8-7-15(11-17(16)25(28)29)24-21(26)20(13-4-2-1-3-5-13)32-22(27)14-6-9-18-19(10-14)31-12-30-18/h1-11,20H,12H2,(H,24,26)/t20-/m1/s1. The quantitative estimate of drug-likeness (QED) is 0.330. The van der Waals surface area contributed by atoms with Gasteiger partial charge in [0, 0.05) is 17.3 Å². The molecule has 0 fully saturated rings. The first-order valence-corrected chi connectivity index (χ1v) is 9.70. The first-order chi connectivity index (χ1) is 15.4. The summed E-state index contributed by atoms with van der Waals surface area (Å²) in [5.41, 5.74) is 0.358. The Labute approximate surface area is 186 Å². The van der Waals surface area contributed by atoms with E-state index in [4.69, 9.17) is 25.8 Å². The summed E-state index contributed by atoms with van der Waals surface area (Å²) in [5, 5.41) is 13.6. The Morgan fingerprint density at radius 3 is 2.53 bits per heavy atom. The van der Waals surface area contributed by atoms with Crippen LogP contribution in [0.5, 0.6) is 11.5 Å². The summed E-state index contributed by atoms with van der Waals surface area (Å²) < 4.78 is 16.0. The minimum Gasteiger partial charge on any atom is -0.454 e. The number of nitrogens with one attached hydrogen (secondary N) is 1. The van der Waals surface area contributed by atoms with Crippen molar-refractivity contribution >= 4 is 34.9 Å². The summed E-state index contributed by atoms with van der Waals surface area (Å²) in [6.45, 7) is 0.0517. The average Bonchev–Trinajstić information content (AvgIpc) is 3.27. The van der Waals surface area contributed by atoms with Crippen LogP contribution in [-0.4, -0.2) is 23.6 Å². The smallest absolute Gasteiger partial charge is 0.339 e. The van der Waals surface area contributed by atoms with Crippen LogP contribution in [0.2, 0.25) is 5.02 Å². The van der Waals surface area contributed by atoms with Gasteiger partial charge in [0.15, 0.2) is 11.5 Å². The summed E-state index contributed by atoms with van der Waals surface area (Å²) in [5.74, 6) is -0.548. The summed E-state index contributed by atoms with van der Waals surface area (Å²) in [6, 6.07) is 16.8. The Balaban J connectivity index is 1.58. The number of hydrogen-bond donors (Lipinski definition) is 1. The maximum absolute atomic E-state index is 13.0. The van der Waals surface area contributed by atoms with Crippen LogP contribution in [0.3, 0.4) is 0 Å². The monoisotopic (exact) mass is 454 g/mol. The van der Waals surface area contributed by atoms with Gasteiger partial charge < -0.3 is 19.5 Å². The molecule has 1 aliphatic rings. The van der Waals surface area contributed by atoms with Crippen LogP contribution < -0.4 is 14.8 Å². The molecule has 1 amide bonds. The highest BCUT2D eigenvalue weighted by atomic mass is 35.5. The van der Waals surface area contributed by atoms with Crippen molar-refractivity contribution < 1.29 is 28.7 Å². The number of carbonyl (C=O) groups is 2. The lowest BCUT2D eigenvalue weighted by molar-refractivity contribution is -0.384. The first-order valence-electron chi connectivity index (χ1n) is 9.33. The number of fused-ring (bicyclic) bond motifs is 1. The van der Waals surface area contributed by atoms with Gasteiger partial charge in [-0.3, -0.25) is 14.9 Å². The third-order valence-electron chi connectivity index (χ3n) is 4.58. The number of hydrogen-bond acceptors (Lipinski definition) is 7. The molecule has 4 rings (SSSR count). The van der Waals surface area contributed by atoms with Crippen LogP contribution in [0.4, 0.5) is 11.4 Å². The number of halogens is 1. The van der Waals surface area contributed by atoms with Crippen molar-refractivity contribution in [2.45, 2.75) is 6.10 Å². The van der Waals surface area contributed by atoms with Crippen molar-refractivity contribution in [3.8, 4) is 11.5 Å². The lowest BCUT2D eigenvalue weighted by atomic mass is 10.1. The Morgan fingerprint density at radius 2 is 1.78 bits per heavy atom. The molecule has 1 aliphatic heterocycles. The van der Waals surface area contributed by atoms with Gasteiger partial charge in [0.1, 0.15) is 5.02 Å². The molecule has 0 saturated carbocycles. The summed E-state index contributed by atoms with van der Waals surface area (Å²) in [7, 11) is 0. The summed E-state index contributed by atoms with van der Waals surface area (Å²) >= 11 is 5.82. The third-order valence-corrected chi connectivity index (χ3v) is 4.90. The Morgan fingerprint density at radius 1 is 1.03 bits per heavy atom. The van der Waals surface area contributed by atoms with Crippen molar-refractivity contribution in [1.82, 2.24) is 0 Å². The minimum atomic E-state index is -1.32. The molecule has 0 aliphatic carbocycles. The predicted octanol–water partition coefficient (Wildman–Crippen LogP) is 4.51. The molecule has 0 radical (unpaired) electrons. The molecule has 1 atom stereocenters. The second-order valence-electron chi connectivity index (χ2n) is 6.68. The molecule has 1 N–H and O–H groups in total. The first kappa shape index (κ1) is 21.1. The number of nitrogens with zero attached hydrogens (tertiary/aromatic N) is 1. The molecule has 3 aromatic rings. The fraction of sp³-hybridized carbons (Fsp3) is 0.0909. The zero-order valence-electron chi connectivity index (χ0n) is 16.3. The van der Waals surface area contributed by atoms with Crippen LogP contribution in [0.15, 0.2) is 66.7 Å². The molecule has 9 nitrogen and oxygen atoms in total. The van der Waals surface area contributed by atoms with Crippen LogP contribution in [-0.2, 0) is 9.53 Å². The van der Waals surface area contributed by atoms with Crippen molar-refractivity contribution in [3.63, 3.8) is 0 Å². The number of anilines is 1. The number of nitro benzene ring substituents is 1. The van der Waals surface area contributed by atoms with E-state index in [-0.39, 0.29) is 28.8 Å². The van der Waals surface area contributed by atoms with Gasteiger partial charge in [0.2, 0.25) is 12.9 Å². The number of benzene rings is 3. The molecule has 10 heteroatoms. The Bertz CT molecular complexity index is 1200. The van der Waals surface area contributed by atoms with E-state index in [0.29, 0.717) is 17.1 Å². The van der Waals surface area contributed by atoms with Gasteiger partial charge in [-0.25, -0.2) is 4.79 Å². The van der Waals surface area contributed by atoms with Gasteiger partial charge in [-0.1, -0.05) is 41.9 Å². The second kappa shape index (κ2) is 8.94. The topological polar surface area (TPSA) is 117 Å². The highest BCUT2D eigenvalue weighted by molar-refractivity contribution is 6.32.